The van der Waals surface area contributed by atoms with Crippen molar-refractivity contribution in [1.82, 2.24) is 15.3 Å². The van der Waals surface area contributed by atoms with E-state index in [0.29, 0.717) is 40.6 Å². The molecule has 0 saturated carbocycles. The number of aromatic nitrogens is 2. The standard InChI is InChI=1S/C18H22Cl2N4O/c1-12(2)5-7-22-18(25)16-10-17(24-11-23-16)21-8-6-13-3-4-14(19)9-15(13)20/h3-4,9-12H,5-8H2,1-2H3,(H,22,25)(H,21,23,24). The van der Waals surface area contributed by atoms with Crippen LogP contribution >= 0.6 is 23.2 Å². The number of benzene rings is 1. The maximum absolute atomic E-state index is 12.1. The Hall–Kier alpha value is -1.85. The molecule has 0 aliphatic rings. The third-order valence-electron chi connectivity index (χ3n) is 3.62. The molecule has 1 amide bonds. The second-order valence-electron chi connectivity index (χ2n) is 6.14. The molecule has 0 saturated heterocycles. The van der Waals surface area contributed by atoms with Gasteiger partial charge in [0.1, 0.15) is 17.8 Å². The Bertz CT molecular complexity index is 722. The molecular weight excluding hydrogens is 359 g/mol. The number of carbonyl (C=O) groups is 1. The Labute approximate surface area is 158 Å². The van der Waals surface area contributed by atoms with E-state index in [2.05, 4.69) is 34.4 Å². The largest absolute Gasteiger partial charge is 0.370 e. The molecule has 1 aromatic heterocycles. The fourth-order valence-electron chi connectivity index (χ4n) is 2.19. The maximum Gasteiger partial charge on any atom is 0.270 e. The third kappa shape index (κ3) is 6.52. The predicted octanol–water partition coefficient (Wildman–Crippen LogP) is 4.21. The van der Waals surface area contributed by atoms with Crippen molar-refractivity contribution in [3.8, 4) is 0 Å². The molecule has 1 aromatic carbocycles. The SMILES string of the molecule is CC(C)CCNC(=O)c1cc(NCCc2ccc(Cl)cc2Cl)ncn1. The van der Waals surface area contributed by atoms with E-state index < -0.39 is 0 Å². The summed E-state index contributed by atoms with van der Waals surface area (Å²) in [5.74, 6) is 0.962. The molecule has 5 nitrogen and oxygen atoms in total. The molecule has 0 atom stereocenters. The minimum atomic E-state index is -0.188. The summed E-state index contributed by atoms with van der Waals surface area (Å²) in [6.07, 6.45) is 3.04. The van der Waals surface area contributed by atoms with E-state index in [-0.39, 0.29) is 5.91 Å². The van der Waals surface area contributed by atoms with Gasteiger partial charge in [0.25, 0.3) is 5.91 Å². The topological polar surface area (TPSA) is 66.9 Å². The predicted molar refractivity (Wildman–Crippen MR) is 102 cm³/mol. The van der Waals surface area contributed by atoms with Crippen LogP contribution in [0.3, 0.4) is 0 Å². The highest BCUT2D eigenvalue weighted by molar-refractivity contribution is 6.35. The minimum absolute atomic E-state index is 0.188. The number of hydrogen-bond donors (Lipinski definition) is 2. The van der Waals surface area contributed by atoms with E-state index in [1.807, 2.05) is 12.1 Å². The van der Waals surface area contributed by atoms with Gasteiger partial charge in [0.05, 0.1) is 0 Å². The van der Waals surface area contributed by atoms with E-state index >= 15 is 0 Å². The zero-order chi connectivity index (χ0) is 18.2. The number of nitrogens with zero attached hydrogens (tertiary/aromatic N) is 2. The van der Waals surface area contributed by atoms with Crippen LogP contribution in [-0.2, 0) is 6.42 Å². The summed E-state index contributed by atoms with van der Waals surface area (Å²) in [6.45, 7) is 5.50. The van der Waals surface area contributed by atoms with Crippen molar-refractivity contribution in [2.45, 2.75) is 26.7 Å². The van der Waals surface area contributed by atoms with Gasteiger partial charge in [-0.25, -0.2) is 9.97 Å². The van der Waals surface area contributed by atoms with E-state index in [1.54, 1.807) is 12.1 Å². The molecule has 0 spiro atoms. The second kappa shape index (κ2) is 9.59. The molecule has 25 heavy (non-hydrogen) atoms. The fraction of sp³-hybridized carbons (Fsp3) is 0.389. The lowest BCUT2D eigenvalue weighted by Gasteiger charge is -2.09. The maximum atomic E-state index is 12.1. The summed E-state index contributed by atoms with van der Waals surface area (Å²) in [6, 6.07) is 7.09. The van der Waals surface area contributed by atoms with Gasteiger partial charge in [0, 0.05) is 29.2 Å². The van der Waals surface area contributed by atoms with Crippen molar-refractivity contribution in [3.63, 3.8) is 0 Å². The van der Waals surface area contributed by atoms with Crippen LogP contribution < -0.4 is 10.6 Å². The van der Waals surface area contributed by atoms with Gasteiger partial charge in [0.2, 0.25) is 0 Å². The van der Waals surface area contributed by atoms with Crippen LogP contribution in [0.2, 0.25) is 10.0 Å². The van der Waals surface area contributed by atoms with Crippen molar-refractivity contribution in [1.29, 1.82) is 0 Å². The molecule has 2 N–H and O–H groups in total. The lowest BCUT2D eigenvalue weighted by Crippen LogP contribution is -2.26. The molecule has 2 rings (SSSR count). The number of halogens is 2. The van der Waals surface area contributed by atoms with Gasteiger partial charge in [-0.15, -0.1) is 0 Å². The molecule has 0 unspecified atom stereocenters. The molecule has 0 bridgehead atoms. The number of nitrogens with one attached hydrogen (secondary N) is 2. The summed E-state index contributed by atoms with van der Waals surface area (Å²) < 4.78 is 0. The molecular formula is C18H22Cl2N4O. The number of amides is 1. The highest BCUT2D eigenvalue weighted by Crippen LogP contribution is 2.21. The number of hydrogen-bond acceptors (Lipinski definition) is 4. The number of anilines is 1. The minimum Gasteiger partial charge on any atom is -0.370 e. The van der Waals surface area contributed by atoms with Crippen LogP contribution in [0, 0.1) is 5.92 Å². The van der Waals surface area contributed by atoms with Crippen LogP contribution in [0.5, 0.6) is 0 Å². The normalized spacial score (nSPS) is 10.8. The highest BCUT2D eigenvalue weighted by Gasteiger charge is 2.09. The van der Waals surface area contributed by atoms with Gasteiger partial charge in [-0.3, -0.25) is 4.79 Å². The molecule has 1 heterocycles. The molecule has 2 aromatic rings. The first kappa shape index (κ1) is 19.5. The van der Waals surface area contributed by atoms with E-state index in [9.17, 15) is 4.79 Å². The van der Waals surface area contributed by atoms with Crippen LogP contribution in [0.1, 0.15) is 36.3 Å². The Morgan fingerprint density at radius 3 is 2.68 bits per heavy atom. The first-order valence-electron chi connectivity index (χ1n) is 8.23. The number of carbonyl (C=O) groups excluding carboxylic acids is 1. The van der Waals surface area contributed by atoms with Crippen molar-refractivity contribution in [2.75, 3.05) is 18.4 Å². The van der Waals surface area contributed by atoms with E-state index in [0.717, 1.165) is 18.4 Å². The molecule has 0 aliphatic heterocycles. The van der Waals surface area contributed by atoms with Crippen molar-refractivity contribution in [2.24, 2.45) is 5.92 Å². The zero-order valence-electron chi connectivity index (χ0n) is 14.4. The van der Waals surface area contributed by atoms with Gasteiger partial charge in [-0.1, -0.05) is 43.1 Å². The average Bonchev–Trinajstić information content (AvgIpc) is 2.57. The van der Waals surface area contributed by atoms with Gasteiger partial charge < -0.3 is 10.6 Å². The van der Waals surface area contributed by atoms with Gasteiger partial charge in [0.15, 0.2) is 0 Å². The Morgan fingerprint density at radius 2 is 1.96 bits per heavy atom. The monoisotopic (exact) mass is 380 g/mol. The van der Waals surface area contributed by atoms with E-state index in [1.165, 1.54) is 6.33 Å². The number of rotatable bonds is 8. The van der Waals surface area contributed by atoms with Crippen LogP contribution in [0.4, 0.5) is 5.82 Å². The van der Waals surface area contributed by atoms with Crippen molar-refractivity contribution in [3.05, 3.63) is 51.9 Å². The summed E-state index contributed by atoms with van der Waals surface area (Å²) in [4.78, 5) is 20.3. The quantitative estimate of drug-likeness (QED) is 0.719. The van der Waals surface area contributed by atoms with Crippen LogP contribution in [-0.4, -0.2) is 29.0 Å². The second-order valence-corrected chi connectivity index (χ2v) is 6.98. The zero-order valence-corrected chi connectivity index (χ0v) is 15.9. The van der Waals surface area contributed by atoms with Gasteiger partial charge in [-0.2, -0.15) is 0 Å². The first-order valence-corrected chi connectivity index (χ1v) is 8.99. The summed E-state index contributed by atoms with van der Waals surface area (Å²) in [5.41, 5.74) is 1.35. The average molecular weight is 381 g/mol. The van der Waals surface area contributed by atoms with Crippen LogP contribution in [0.15, 0.2) is 30.6 Å². The smallest absolute Gasteiger partial charge is 0.270 e. The molecule has 0 fully saturated rings. The lowest BCUT2D eigenvalue weighted by atomic mass is 10.1. The molecule has 134 valence electrons. The Balaban J connectivity index is 1.87. The molecule has 0 aliphatic carbocycles. The van der Waals surface area contributed by atoms with Crippen molar-refractivity contribution < 1.29 is 4.79 Å². The lowest BCUT2D eigenvalue weighted by molar-refractivity contribution is 0.0947. The Morgan fingerprint density at radius 1 is 1.16 bits per heavy atom. The van der Waals surface area contributed by atoms with Crippen molar-refractivity contribution >= 4 is 34.9 Å². The van der Waals surface area contributed by atoms with Crippen LogP contribution in [0.25, 0.3) is 0 Å². The van der Waals surface area contributed by atoms with Gasteiger partial charge in [-0.05, 0) is 36.5 Å². The first-order chi connectivity index (χ1) is 12.0. The summed E-state index contributed by atoms with van der Waals surface area (Å²) in [5, 5.41) is 7.30. The highest BCUT2D eigenvalue weighted by atomic mass is 35.5. The molecule has 0 radical (unpaired) electrons. The fourth-order valence-corrected chi connectivity index (χ4v) is 2.70. The summed E-state index contributed by atoms with van der Waals surface area (Å²) in [7, 11) is 0. The summed E-state index contributed by atoms with van der Waals surface area (Å²) >= 11 is 12.1. The Kier molecular flexibility index (Phi) is 7.47. The third-order valence-corrected chi connectivity index (χ3v) is 4.21. The molecule has 7 heteroatoms. The van der Waals surface area contributed by atoms with Gasteiger partial charge >= 0.3 is 0 Å². The van der Waals surface area contributed by atoms with E-state index in [4.69, 9.17) is 23.2 Å².